The van der Waals surface area contributed by atoms with Gasteiger partial charge in [0.1, 0.15) is 5.56 Å². The summed E-state index contributed by atoms with van der Waals surface area (Å²) >= 11 is 6.18. The van der Waals surface area contributed by atoms with E-state index in [2.05, 4.69) is 10.3 Å². The first-order chi connectivity index (χ1) is 10.7. The summed E-state index contributed by atoms with van der Waals surface area (Å²) in [6.45, 7) is 3.40. The summed E-state index contributed by atoms with van der Waals surface area (Å²) < 4.78 is 10.1. The van der Waals surface area contributed by atoms with Crippen molar-refractivity contribution in [1.29, 1.82) is 0 Å². The van der Waals surface area contributed by atoms with Gasteiger partial charge < -0.3 is 14.8 Å². The second-order valence-corrected chi connectivity index (χ2v) is 5.08. The highest BCUT2D eigenvalue weighted by Gasteiger charge is 2.17. The van der Waals surface area contributed by atoms with Crippen LogP contribution in [0.2, 0.25) is 5.02 Å². The third-order valence-electron chi connectivity index (χ3n) is 3.17. The number of anilines is 1. The Morgan fingerprint density at radius 3 is 2.87 bits per heavy atom. The van der Waals surface area contributed by atoms with Crippen molar-refractivity contribution in [3.05, 3.63) is 35.0 Å². The number of methoxy groups -OCH3 is 1. The zero-order valence-electron chi connectivity index (χ0n) is 13.1. The Hall–Kier alpha value is -1.56. The summed E-state index contributed by atoms with van der Waals surface area (Å²) in [5.74, 6) is -0.397. The second-order valence-electron chi connectivity index (χ2n) is 4.68. The summed E-state index contributed by atoms with van der Waals surface area (Å²) in [5.41, 5.74) is 1.77. The number of pyridine rings is 1. The minimum absolute atomic E-state index is 0. The minimum Gasteiger partial charge on any atom is -0.462 e. The largest absolute Gasteiger partial charge is 0.462 e. The molecule has 1 aromatic heterocycles. The molecule has 5 nitrogen and oxygen atoms in total. The van der Waals surface area contributed by atoms with E-state index in [4.69, 9.17) is 21.1 Å². The van der Waals surface area contributed by atoms with Gasteiger partial charge in [-0.1, -0.05) is 23.7 Å². The predicted molar refractivity (Wildman–Crippen MR) is 94.9 cm³/mol. The molecule has 0 atom stereocenters. The lowest BCUT2D eigenvalue weighted by Crippen LogP contribution is -2.12. The molecule has 1 heterocycles. The van der Waals surface area contributed by atoms with Gasteiger partial charge in [0.15, 0.2) is 0 Å². The first-order valence-corrected chi connectivity index (χ1v) is 7.54. The minimum atomic E-state index is -0.397. The van der Waals surface area contributed by atoms with Crippen LogP contribution in [0, 0.1) is 0 Å². The van der Waals surface area contributed by atoms with Crippen molar-refractivity contribution in [3.8, 4) is 0 Å². The Kier molecular flexibility index (Phi) is 8.09. The average Bonchev–Trinajstić information content (AvgIpc) is 2.52. The molecular formula is C16H20Cl2N2O3. The molecule has 0 saturated heterocycles. The van der Waals surface area contributed by atoms with Gasteiger partial charge in [-0.2, -0.15) is 0 Å². The number of fused-ring (bicyclic) bond motifs is 1. The maximum absolute atomic E-state index is 12.1. The zero-order valence-corrected chi connectivity index (χ0v) is 14.7. The Bertz CT molecular complexity index is 665. The third kappa shape index (κ3) is 4.70. The molecule has 23 heavy (non-hydrogen) atoms. The molecule has 0 saturated carbocycles. The summed E-state index contributed by atoms with van der Waals surface area (Å²) in [4.78, 5) is 16.4. The van der Waals surface area contributed by atoms with Crippen molar-refractivity contribution in [2.45, 2.75) is 13.3 Å². The number of rotatable bonds is 7. The lowest BCUT2D eigenvalue weighted by molar-refractivity contribution is 0.0527. The van der Waals surface area contributed by atoms with E-state index in [-0.39, 0.29) is 12.4 Å². The van der Waals surface area contributed by atoms with Crippen LogP contribution in [0.5, 0.6) is 0 Å². The first kappa shape index (κ1) is 19.5. The Morgan fingerprint density at radius 1 is 1.39 bits per heavy atom. The molecule has 7 heteroatoms. The topological polar surface area (TPSA) is 60.5 Å². The molecule has 0 amide bonds. The third-order valence-corrected chi connectivity index (χ3v) is 3.48. The van der Waals surface area contributed by atoms with Gasteiger partial charge in [0.25, 0.3) is 0 Å². The predicted octanol–water partition coefficient (Wildman–Crippen LogP) is 3.94. The molecule has 0 fully saturated rings. The quantitative estimate of drug-likeness (QED) is 0.600. The lowest BCUT2D eigenvalue weighted by Gasteiger charge is -2.14. The van der Waals surface area contributed by atoms with Crippen molar-refractivity contribution in [2.75, 3.05) is 32.2 Å². The van der Waals surface area contributed by atoms with Crippen LogP contribution < -0.4 is 5.32 Å². The van der Waals surface area contributed by atoms with Crippen LogP contribution in [0.1, 0.15) is 23.7 Å². The van der Waals surface area contributed by atoms with Crippen LogP contribution in [0.4, 0.5) is 5.69 Å². The summed E-state index contributed by atoms with van der Waals surface area (Å²) in [6, 6.07) is 5.49. The van der Waals surface area contributed by atoms with Crippen LogP contribution in [0.15, 0.2) is 24.4 Å². The Morgan fingerprint density at radius 2 is 2.17 bits per heavy atom. The molecule has 0 aliphatic rings. The van der Waals surface area contributed by atoms with Gasteiger partial charge in [-0.25, -0.2) is 4.79 Å². The highest BCUT2D eigenvalue weighted by atomic mass is 35.5. The van der Waals surface area contributed by atoms with Crippen LogP contribution in [0.3, 0.4) is 0 Å². The maximum atomic E-state index is 12.1. The van der Waals surface area contributed by atoms with Crippen molar-refractivity contribution >= 4 is 46.6 Å². The smallest absolute Gasteiger partial charge is 0.341 e. The number of para-hydroxylation sites is 1. The van der Waals surface area contributed by atoms with Crippen molar-refractivity contribution < 1.29 is 14.3 Å². The van der Waals surface area contributed by atoms with E-state index < -0.39 is 5.97 Å². The fraction of sp³-hybridized carbons (Fsp3) is 0.375. The zero-order chi connectivity index (χ0) is 15.9. The van der Waals surface area contributed by atoms with Crippen molar-refractivity contribution in [3.63, 3.8) is 0 Å². The molecule has 1 aromatic carbocycles. The molecule has 126 valence electrons. The van der Waals surface area contributed by atoms with Gasteiger partial charge in [0.05, 0.1) is 22.8 Å². The number of nitrogens with one attached hydrogen (secondary N) is 1. The van der Waals surface area contributed by atoms with Gasteiger partial charge in [-0.05, 0) is 19.4 Å². The molecule has 0 bridgehead atoms. The number of aromatic nitrogens is 1. The SMILES string of the molecule is CCOC(=O)c1cnc2c(Cl)cccc2c1NCCCOC.Cl. The van der Waals surface area contributed by atoms with Crippen molar-refractivity contribution in [1.82, 2.24) is 4.98 Å². The molecular weight excluding hydrogens is 339 g/mol. The summed E-state index contributed by atoms with van der Waals surface area (Å²) in [7, 11) is 1.66. The fourth-order valence-electron chi connectivity index (χ4n) is 2.17. The lowest BCUT2D eigenvalue weighted by atomic mass is 10.1. The number of nitrogens with zero attached hydrogens (tertiary/aromatic N) is 1. The number of ether oxygens (including phenoxy) is 2. The fourth-order valence-corrected chi connectivity index (χ4v) is 2.39. The van der Waals surface area contributed by atoms with Gasteiger partial charge >= 0.3 is 5.97 Å². The average molecular weight is 359 g/mol. The molecule has 2 aromatic rings. The van der Waals surface area contributed by atoms with Gasteiger partial charge in [-0.15, -0.1) is 12.4 Å². The van der Waals surface area contributed by atoms with E-state index >= 15 is 0 Å². The molecule has 1 N–H and O–H groups in total. The van der Waals surface area contributed by atoms with Gasteiger partial charge in [-0.3, -0.25) is 4.98 Å². The molecule has 0 spiro atoms. The normalized spacial score (nSPS) is 10.2. The number of esters is 1. The van der Waals surface area contributed by atoms with Gasteiger partial charge in [0, 0.05) is 31.8 Å². The monoisotopic (exact) mass is 358 g/mol. The number of halogens is 2. The van der Waals surface area contributed by atoms with E-state index in [0.717, 1.165) is 11.8 Å². The van der Waals surface area contributed by atoms with Crippen LogP contribution in [-0.4, -0.2) is 37.8 Å². The van der Waals surface area contributed by atoms with Crippen LogP contribution in [-0.2, 0) is 9.47 Å². The number of benzene rings is 1. The van der Waals surface area contributed by atoms with Crippen LogP contribution in [0.25, 0.3) is 10.9 Å². The Labute approximate surface area is 146 Å². The summed E-state index contributed by atoms with van der Waals surface area (Å²) in [6.07, 6.45) is 2.33. The number of hydrogen-bond donors (Lipinski definition) is 1. The van der Waals surface area contributed by atoms with Crippen LogP contribution >= 0.6 is 24.0 Å². The van der Waals surface area contributed by atoms with Gasteiger partial charge in [0.2, 0.25) is 0 Å². The second kappa shape index (κ2) is 9.55. The highest BCUT2D eigenvalue weighted by molar-refractivity contribution is 6.35. The highest BCUT2D eigenvalue weighted by Crippen LogP contribution is 2.30. The van der Waals surface area contributed by atoms with Crippen molar-refractivity contribution in [2.24, 2.45) is 0 Å². The van der Waals surface area contributed by atoms with E-state index in [1.54, 1.807) is 20.1 Å². The Balaban J connectivity index is 0.00000264. The first-order valence-electron chi connectivity index (χ1n) is 7.16. The van der Waals surface area contributed by atoms with E-state index in [1.165, 1.54) is 6.20 Å². The van der Waals surface area contributed by atoms with E-state index in [0.29, 0.717) is 41.5 Å². The molecule has 0 aliphatic carbocycles. The summed E-state index contributed by atoms with van der Waals surface area (Å²) in [5, 5.41) is 4.63. The maximum Gasteiger partial charge on any atom is 0.341 e. The van der Waals surface area contributed by atoms with E-state index in [9.17, 15) is 4.79 Å². The molecule has 2 rings (SSSR count). The number of carbonyl (C=O) groups excluding carboxylic acids is 1. The number of hydrogen-bond acceptors (Lipinski definition) is 5. The number of carbonyl (C=O) groups is 1. The molecule has 0 radical (unpaired) electrons. The van der Waals surface area contributed by atoms with E-state index in [1.807, 2.05) is 12.1 Å². The standard InChI is InChI=1S/C16H19ClN2O3.ClH/c1-3-22-16(20)12-10-19-15-11(6-4-7-13(15)17)14(12)18-8-5-9-21-2;/h4,6-7,10H,3,5,8-9H2,1-2H3,(H,18,19);1H. The molecule has 0 aliphatic heterocycles. The molecule has 0 unspecified atom stereocenters.